The first-order valence-electron chi connectivity index (χ1n) is 6.77. The van der Waals surface area contributed by atoms with E-state index in [0.29, 0.717) is 0 Å². The predicted octanol–water partition coefficient (Wildman–Crippen LogP) is 2.67. The van der Waals surface area contributed by atoms with Crippen LogP contribution in [0.2, 0.25) is 0 Å². The van der Waals surface area contributed by atoms with Gasteiger partial charge in [0.15, 0.2) is 0 Å². The standard InChI is InChI=1S/C15H14F3N3O2/c1-8(2)13(22)20-21-14(23)10-7-19-11-6-4-3-5-9(11)12(10)15(16,17)18/h3-8H,1-2H3,(H,20,22)(H,21,23). The number of alkyl halides is 3. The molecule has 0 saturated heterocycles. The molecular formula is C15H14F3N3O2. The average molecular weight is 325 g/mol. The molecule has 0 unspecified atom stereocenters. The van der Waals surface area contributed by atoms with E-state index in [9.17, 15) is 22.8 Å². The molecule has 1 heterocycles. The van der Waals surface area contributed by atoms with Crippen LogP contribution in [0.15, 0.2) is 30.5 Å². The number of fused-ring (bicyclic) bond motifs is 1. The van der Waals surface area contributed by atoms with Gasteiger partial charge in [-0.1, -0.05) is 32.0 Å². The highest BCUT2D eigenvalue weighted by molar-refractivity contribution is 6.01. The van der Waals surface area contributed by atoms with Crippen molar-refractivity contribution >= 4 is 22.7 Å². The highest BCUT2D eigenvalue weighted by atomic mass is 19.4. The van der Waals surface area contributed by atoms with Crippen molar-refractivity contribution in [2.75, 3.05) is 0 Å². The van der Waals surface area contributed by atoms with E-state index in [2.05, 4.69) is 10.4 Å². The number of amides is 2. The zero-order chi connectivity index (χ0) is 17.2. The molecule has 2 amide bonds. The van der Waals surface area contributed by atoms with Crippen molar-refractivity contribution in [2.45, 2.75) is 20.0 Å². The number of nitrogens with one attached hydrogen (secondary N) is 2. The summed E-state index contributed by atoms with van der Waals surface area (Å²) >= 11 is 0. The fourth-order valence-electron chi connectivity index (χ4n) is 1.95. The zero-order valence-corrected chi connectivity index (χ0v) is 12.4. The first-order chi connectivity index (χ1) is 10.7. The third kappa shape index (κ3) is 3.58. The van der Waals surface area contributed by atoms with Crippen molar-refractivity contribution in [3.8, 4) is 0 Å². The minimum atomic E-state index is -4.74. The maximum atomic E-state index is 13.4. The van der Waals surface area contributed by atoms with Gasteiger partial charge >= 0.3 is 6.18 Å². The molecule has 0 saturated carbocycles. The Kier molecular flexibility index (Phi) is 4.53. The van der Waals surface area contributed by atoms with Crippen molar-refractivity contribution in [1.29, 1.82) is 0 Å². The number of hydrazine groups is 1. The number of aromatic nitrogens is 1. The second-order valence-corrected chi connectivity index (χ2v) is 5.16. The van der Waals surface area contributed by atoms with Crippen LogP contribution in [0.1, 0.15) is 29.8 Å². The molecule has 0 aliphatic rings. The van der Waals surface area contributed by atoms with Crippen LogP contribution in [0.4, 0.5) is 13.2 Å². The number of pyridine rings is 1. The Labute approximate surface area is 129 Å². The van der Waals surface area contributed by atoms with Gasteiger partial charge in [-0.2, -0.15) is 13.2 Å². The number of carbonyl (C=O) groups is 2. The van der Waals surface area contributed by atoms with Crippen LogP contribution in [-0.2, 0) is 11.0 Å². The highest BCUT2D eigenvalue weighted by Gasteiger charge is 2.37. The van der Waals surface area contributed by atoms with Gasteiger partial charge in [-0.25, -0.2) is 0 Å². The number of nitrogens with zero attached hydrogens (tertiary/aromatic N) is 1. The molecule has 1 aromatic heterocycles. The first kappa shape index (κ1) is 16.7. The molecular weight excluding hydrogens is 311 g/mol. The lowest BCUT2D eigenvalue weighted by Gasteiger charge is -2.15. The van der Waals surface area contributed by atoms with Gasteiger partial charge in [0.05, 0.1) is 16.6 Å². The minimum absolute atomic E-state index is 0.127. The van der Waals surface area contributed by atoms with E-state index < -0.39 is 35.0 Å². The van der Waals surface area contributed by atoms with Gasteiger partial charge in [0.1, 0.15) is 0 Å². The summed E-state index contributed by atoms with van der Waals surface area (Å²) < 4.78 is 40.1. The largest absolute Gasteiger partial charge is 0.417 e. The van der Waals surface area contributed by atoms with Crippen molar-refractivity contribution in [1.82, 2.24) is 15.8 Å². The van der Waals surface area contributed by atoms with E-state index >= 15 is 0 Å². The number of rotatable bonds is 2. The van der Waals surface area contributed by atoms with E-state index in [1.54, 1.807) is 19.9 Å². The lowest BCUT2D eigenvalue weighted by atomic mass is 10.0. The Hall–Kier alpha value is -2.64. The third-order valence-corrected chi connectivity index (χ3v) is 3.13. The maximum Gasteiger partial charge on any atom is 0.417 e. The molecule has 0 bridgehead atoms. The molecule has 0 radical (unpaired) electrons. The predicted molar refractivity (Wildman–Crippen MR) is 77.2 cm³/mol. The second-order valence-electron chi connectivity index (χ2n) is 5.16. The average Bonchev–Trinajstić information content (AvgIpc) is 2.49. The number of hydrogen-bond acceptors (Lipinski definition) is 3. The Morgan fingerprint density at radius 3 is 2.39 bits per heavy atom. The normalized spacial score (nSPS) is 11.6. The van der Waals surface area contributed by atoms with Gasteiger partial charge in [0.2, 0.25) is 5.91 Å². The summed E-state index contributed by atoms with van der Waals surface area (Å²) in [7, 11) is 0. The summed E-state index contributed by atoms with van der Waals surface area (Å²) in [5, 5.41) is -0.178. The smallest absolute Gasteiger partial charge is 0.273 e. The van der Waals surface area contributed by atoms with Gasteiger partial charge in [-0.05, 0) is 6.07 Å². The van der Waals surface area contributed by atoms with Crippen molar-refractivity contribution in [3.05, 3.63) is 41.6 Å². The van der Waals surface area contributed by atoms with Gasteiger partial charge in [-0.15, -0.1) is 0 Å². The molecule has 23 heavy (non-hydrogen) atoms. The molecule has 1 aromatic carbocycles. The molecule has 0 aliphatic heterocycles. The Morgan fingerprint density at radius 1 is 1.13 bits per heavy atom. The molecule has 0 spiro atoms. The molecule has 2 rings (SSSR count). The number of carbonyl (C=O) groups excluding carboxylic acids is 2. The molecule has 0 fully saturated rings. The molecule has 2 N–H and O–H groups in total. The summed E-state index contributed by atoms with van der Waals surface area (Å²) in [6.07, 6.45) is -3.89. The van der Waals surface area contributed by atoms with Crippen LogP contribution in [0.25, 0.3) is 10.9 Å². The van der Waals surface area contributed by atoms with E-state index in [0.717, 1.165) is 6.20 Å². The quantitative estimate of drug-likeness (QED) is 0.834. The molecule has 0 atom stereocenters. The van der Waals surface area contributed by atoms with Gasteiger partial charge < -0.3 is 0 Å². The fraction of sp³-hybridized carbons (Fsp3) is 0.267. The molecule has 8 heteroatoms. The fourth-order valence-corrected chi connectivity index (χ4v) is 1.95. The van der Waals surface area contributed by atoms with Crippen LogP contribution in [0, 0.1) is 5.92 Å². The Morgan fingerprint density at radius 2 is 1.78 bits per heavy atom. The minimum Gasteiger partial charge on any atom is -0.273 e. The van der Waals surface area contributed by atoms with E-state index in [1.807, 2.05) is 5.43 Å². The van der Waals surface area contributed by atoms with E-state index in [4.69, 9.17) is 0 Å². The van der Waals surface area contributed by atoms with Crippen molar-refractivity contribution in [2.24, 2.45) is 5.92 Å². The number of hydrogen-bond donors (Lipinski definition) is 2. The lowest BCUT2D eigenvalue weighted by molar-refractivity contribution is -0.136. The first-order valence-corrected chi connectivity index (χ1v) is 6.77. The van der Waals surface area contributed by atoms with Crippen molar-refractivity contribution < 1.29 is 22.8 Å². The number of halogens is 3. The van der Waals surface area contributed by atoms with Crippen LogP contribution >= 0.6 is 0 Å². The van der Waals surface area contributed by atoms with Gasteiger partial charge in [-0.3, -0.25) is 25.4 Å². The summed E-state index contributed by atoms with van der Waals surface area (Å²) in [5.74, 6) is -2.02. The number of para-hydroxylation sites is 1. The lowest BCUT2D eigenvalue weighted by Crippen LogP contribution is -2.44. The topological polar surface area (TPSA) is 71.1 Å². The monoisotopic (exact) mass is 325 g/mol. The third-order valence-electron chi connectivity index (χ3n) is 3.13. The summed E-state index contributed by atoms with van der Waals surface area (Å²) in [6, 6.07) is 5.65. The summed E-state index contributed by atoms with van der Waals surface area (Å²) in [4.78, 5) is 27.3. The molecule has 5 nitrogen and oxygen atoms in total. The number of benzene rings is 1. The summed E-state index contributed by atoms with van der Waals surface area (Å²) in [5.41, 5.74) is 2.44. The van der Waals surface area contributed by atoms with E-state index in [1.165, 1.54) is 18.2 Å². The molecule has 0 aliphatic carbocycles. The van der Waals surface area contributed by atoms with Crippen LogP contribution in [-0.4, -0.2) is 16.8 Å². The van der Waals surface area contributed by atoms with E-state index in [-0.39, 0.29) is 10.9 Å². The van der Waals surface area contributed by atoms with Crippen molar-refractivity contribution in [3.63, 3.8) is 0 Å². The zero-order valence-electron chi connectivity index (χ0n) is 12.4. The molecule has 2 aromatic rings. The van der Waals surface area contributed by atoms with Crippen LogP contribution in [0.3, 0.4) is 0 Å². The molecule has 122 valence electrons. The second kappa shape index (κ2) is 6.23. The SMILES string of the molecule is CC(C)C(=O)NNC(=O)c1cnc2ccccc2c1C(F)(F)F. The van der Waals surface area contributed by atoms with Gasteiger partial charge in [0.25, 0.3) is 5.91 Å². The van der Waals surface area contributed by atoms with Crippen LogP contribution < -0.4 is 10.9 Å². The Balaban J connectivity index is 2.44. The van der Waals surface area contributed by atoms with Crippen LogP contribution in [0.5, 0.6) is 0 Å². The van der Waals surface area contributed by atoms with Gasteiger partial charge in [0, 0.05) is 17.5 Å². The Bertz CT molecular complexity index is 757. The maximum absolute atomic E-state index is 13.4. The summed E-state index contributed by atoms with van der Waals surface area (Å²) in [6.45, 7) is 3.17. The highest BCUT2D eigenvalue weighted by Crippen LogP contribution is 2.36.